The zero-order valence-corrected chi connectivity index (χ0v) is 22.9. The first kappa shape index (κ1) is 28.8. The average molecular weight is 547 g/mol. The smallest absolute Gasteiger partial charge is 0.242 e. The number of hydrogen-bond donors (Lipinski definition) is 0. The van der Waals surface area contributed by atoms with E-state index < -0.39 is 5.41 Å². The predicted molar refractivity (Wildman–Crippen MR) is 152 cm³/mol. The molecule has 5 nitrogen and oxygen atoms in total. The van der Waals surface area contributed by atoms with Crippen LogP contribution in [0.25, 0.3) is 0 Å². The van der Waals surface area contributed by atoms with Crippen molar-refractivity contribution in [3.63, 3.8) is 0 Å². The first-order valence-corrected chi connectivity index (χ1v) is 12.4. The Kier molecular flexibility index (Phi) is 9.46. The van der Waals surface area contributed by atoms with Gasteiger partial charge in [-0.05, 0) is 61.3 Å². The summed E-state index contributed by atoms with van der Waals surface area (Å²) in [6.45, 7) is 6.86. The Hall–Kier alpha value is -2.80. The van der Waals surface area contributed by atoms with E-state index >= 15 is 0 Å². The van der Waals surface area contributed by atoms with E-state index in [0.717, 1.165) is 61.0 Å². The molecular weight excluding hydrogens is 512 g/mol. The quantitative estimate of drug-likeness (QED) is 0.390. The minimum Gasteiger partial charge on any atom is -0.495 e. The SMILES string of the molecule is CCN1C(=O)C(CCN2CCN(c3ccccc3OC)CC2)(c2ccccc2)c2cc(F)ccc21.Cl.Cl. The highest BCUT2D eigenvalue weighted by atomic mass is 35.5. The minimum absolute atomic E-state index is 0. The number of anilines is 2. The molecule has 1 saturated heterocycles. The number of likely N-dealkylation sites (N-methyl/N-ethyl adjacent to an activating group) is 1. The topological polar surface area (TPSA) is 36.0 Å². The maximum absolute atomic E-state index is 14.5. The number of amides is 1. The Morgan fingerprint density at radius 1 is 0.892 bits per heavy atom. The van der Waals surface area contributed by atoms with Crippen LogP contribution in [0.3, 0.4) is 0 Å². The van der Waals surface area contributed by atoms with Crippen LogP contribution in [0.2, 0.25) is 0 Å². The van der Waals surface area contributed by atoms with Gasteiger partial charge < -0.3 is 14.5 Å². The maximum Gasteiger partial charge on any atom is 0.242 e. The number of para-hydroxylation sites is 2. The zero-order valence-electron chi connectivity index (χ0n) is 21.2. The van der Waals surface area contributed by atoms with E-state index in [1.807, 2.05) is 55.5 Å². The monoisotopic (exact) mass is 545 g/mol. The standard InChI is InChI=1S/C29H32FN3O2.2ClH/c1-3-33-25-14-13-23(30)21-24(25)29(28(33)34,22-9-5-4-6-10-22)15-16-31-17-19-32(20-18-31)26-11-7-8-12-27(26)35-2;;/h4-14,21H,3,15-20H2,1-2H3;2*1H. The molecule has 2 aliphatic heterocycles. The van der Waals surface area contributed by atoms with E-state index in [-0.39, 0.29) is 36.5 Å². The molecule has 2 aliphatic rings. The van der Waals surface area contributed by atoms with Gasteiger partial charge in [0.25, 0.3) is 0 Å². The van der Waals surface area contributed by atoms with E-state index in [2.05, 4.69) is 15.9 Å². The van der Waals surface area contributed by atoms with Crippen LogP contribution in [0.15, 0.2) is 72.8 Å². The Balaban J connectivity index is 0.00000190. The van der Waals surface area contributed by atoms with Gasteiger partial charge in [0.2, 0.25) is 5.91 Å². The van der Waals surface area contributed by atoms with Crippen molar-refractivity contribution in [1.29, 1.82) is 0 Å². The Morgan fingerprint density at radius 2 is 1.57 bits per heavy atom. The normalized spacial score (nSPS) is 19.2. The summed E-state index contributed by atoms with van der Waals surface area (Å²) >= 11 is 0. The molecule has 1 amide bonds. The van der Waals surface area contributed by atoms with Gasteiger partial charge in [0.05, 0.1) is 12.8 Å². The highest BCUT2D eigenvalue weighted by Gasteiger charge is 2.51. The maximum atomic E-state index is 14.5. The van der Waals surface area contributed by atoms with Crippen LogP contribution in [0, 0.1) is 5.82 Å². The molecule has 0 N–H and O–H groups in total. The molecule has 0 bridgehead atoms. The highest BCUT2D eigenvalue weighted by molar-refractivity contribution is 6.10. The second-order valence-corrected chi connectivity index (χ2v) is 9.23. The van der Waals surface area contributed by atoms with E-state index in [4.69, 9.17) is 4.74 Å². The lowest BCUT2D eigenvalue weighted by Crippen LogP contribution is -2.49. The average Bonchev–Trinajstić information content (AvgIpc) is 3.15. The molecule has 1 fully saturated rings. The number of carbonyl (C=O) groups is 1. The Bertz CT molecular complexity index is 1200. The van der Waals surface area contributed by atoms with Crippen LogP contribution in [-0.2, 0) is 10.2 Å². The van der Waals surface area contributed by atoms with Gasteiger partial charge in [-0.25, -0.2) is 4.39 Å². The van der Waals surface area contributed by atoms with Crippen molar-refractivity contribution in [2.45, 2.75) is 18.8 Å². The first-order valence-electron chi connectivity index (χ1n) is 12.4. The number of ether oxygens (including phenoxy) is 1. The number of halogens is 3. The van der Waals surface area contributed by atoms with Gasteiger partial charge in [0.15, 0.2) is 0 Å². The number of nitrogens with zero attached hydrogens (tertiary/aromatic N) is 3. The van der Waals surface area contributed by atoms with Crippen molar-refractivity contribution >= 4 is 42.1 Å². The largest absolute Gasteiger partial charge is 0.495 e. The second-order valence-electron chi connectivity index (χ2n) is 9.23. The van der Waals surface area contributed by atoms with Crippen molar-refractivity contribution in [2.75, 3.05) is 56.2 Å². The molecule has 1 unspecified atom stereocenters. The summed E-state index contributed by atoms with van der Waals surface area (Å²) in [6, 6.07) is 22.8. The van der Waals surface area contributed by atoms with Gasteiger partial charge in [0.1, 0.15) is 17.0 Å². The van der Waals surface area contributed by atoms with Crippen LogP contribution in [0.4, 0.5) is 15.8 Å². The molecule has 0 aliphatic carbocycles. The molecule has 8 heteroatoms. The molecule has 0 spiro atoms. The fourth-order valence-electron chi connectivity index (χ4n) is 5.67. The second kappa shape index (κ2) is 12.2. The van der Waals surface area contributed by atoms with E-state index in [9.17, 15) is 9.18 Å². The molecule has 0 saturated carbocycles. The van der Waals surface area contributed by atoms with E-state index in [0.29, 0.717) is 13.0 Å². The van der Waals surface area contributed by atoms with Gasteiger partial charge in [0, 0.05) is 38.4 Å². The van der Waals surface area contributed by atoms with Crippen LogP contribution >= 0.6 is 24.8 Å². The summed E-state index contributed by atoms with van der Waals surface area (Å²) in [6.07, 6.45) is 0.609. The van der Waals surface area contributed by atoms with Crippen LogP contribution < -0.4 is 14.5 Å². The van der Waals surface area contributed by atoms with E-state index in [1.54, 1.807) is 24.1 Å². The summed E-state index contributed by atoms with van der Waals surface area (Å²) < 4.78 is 20.0. The third-order valence-electron chi connectivity index (χ3n) is 7.50. The number of carbonyl (C=O) groups excluding carboxylic acids is 1. The molecule has 1 atom stereocenters. The molecule has 0 radical (unpaired) electrons. The van der Waals surface area contributed by atoms with Crippen molar-refractivity contribution in [2.24, 2.45) is 0 Å². The lowest BCUT2D eigenvalue weighted by molar-refractivity contribution is -0.122. The highest BCUT2D eigenvalue weighted by Crippen LogP contribution is 2.48. The molecule has 3 aromatic carbocycles. The molecule has 2 heterocycles. The summed E-state index contributed by atoms with van der Waals surface area (Å²) in [7, 11) is 1.71. The summed E-state index contributed by atoms with van der Waals surface area (Å²) in [4.78, 5) is 20.5. The number of hydrogen-bond acceptors (Lipinski definition) is 4. The summed E-state index contributed by atoms with van der Waals surface area (Å²) in [5, 5.41) is 0. The van der Waals surface area contributed by atoms with Gasteiger partial charge in [-0.1, -0.05) is 42.5 Å². The third-order valence-corrected chi connectivity index (χ3v) is 7.50. The van der Waals surface area contributed by atoms with Crippen LogP contribution in [-0.4, -0.2) is 57.2 Å². The summed E-state index contributed by atoms with van der Waals surface area (Å²) in [5.41, 5.74) is 2.77. The lowest BCUT2D eigenvalue weighted by atomic mass is 9.72. The number of fused-ring (bicyclic) bond motifs is 1. The fraction of sp³-hybridized carbons (Fsp3) is 0.345. The Labute approximate surface area is 231 Å². The molecule has 37 heavy (non-hydrogen) atoms. The molecule has 5 rings (SSSR count). The number of piperazine rings is 1. The van der Waals surface area contributed by atoms with Crippen molar-refractivity contribution in [3.05, 3.63) is 89.7 Å². The number of benzene rings is 3. The lowest BCUT2D eigenvalue weighted by Gasteiger charge is -2.38. The van der Waals surface area contributed by atoms with Gasteiger partial charge in [-0.15, -0.1) is 24.8 Å². The summed E-state index contributed by atoms with van der Waals surface area (Å²) in [5.74, 6) is 0.624. The Morgan fingerprint density at radius 3 is 2.24 bits per heavy atom. The van der Waals surface area contributed by atoms with Gasteiger partial charge in [-0.3, -0.25) is 9.69 Å². The molecule has 3 aromatic rings. The number of rotatable bonds is 7. The molecular formula is C29H34Cl2FN3O2. The number of methoxy groups -OCH3 is 1. The molecule has 198 valence electrons. The fourth-order valence-corrected chi connectivity index (χ4v) is 5.67. The molecule has 0 aromatic heterocycles. The van der Waals surface area contributed by atoms with Crippen molar-refractivity contribution in [3.8, 4) is 5.75 Å². The first-order chi connectivity index (χ1) is 17.1. The minimum atomic E-state index is -0.880. The zero-order chi connectivity index (χ0) is 24.4. The van der Waals surface area contributed by atoms with Gasteiger partial charge in [-0.2, -0.15) is 0 Å². The van der Waals surface area contributed by atoms with Crippen LogP contribution in [0.1, 0.15) is 24.5 Å². The third kappa shape index (κ3) is 5.15. The van der Waals surface area contributed by atoms with Crippen molar-refractivity contribution in [1.82, 2.24) is 4.90 Å². The van der Waals surface area contributed by atoms with Gasteiger partial charge >= 0.3 is 0 Å². The van der Waals surface area contributed by atoms with Crippen molar-refractivity contribution < 1.29 is 13.9 Å². The van der Waals surface area contributed by atoms with Crippen LogP contribution in [0.5, 0.6) is 5.75 Å². The predicted octanol–water partition coefficient (Wildman–Crippen LogP) is 5.54. The van der Waals surface area contributed by atoms with E-state index in [1.165, 1.54) is 6.07 Å².